The van der Waals surface area contributed by atoms with E-state index in [0.29, 0.717) is 5.56 Å². The molecule has 21 heavy (non-hydrogen) atoms. The SMILES string of the molecule is COC(=O)c1ccc(NC(C)c2cc(C)ccc2C)cc1. The Balaban J connectivity index is 2.14. The van der Waals surface area contributed by atoms with E-state index >= 15 is 0 Å². The second kappa shape index (κ2) is 6.44. The average Bonchev–Trinajstić information content (AvgIpc) is 2.49. The van der Waals surface area contributed by atoms with Gasteiger partial charge in [-0.2, -0.15) is 0 Å². The summed E-state index contributed by atoms with van der Waals surface area (Å²) in [5, 5.41) is 3.46. The minimum absolute atomic E-state index is 0.203. The number of ether oxygens (including phenoxy) is 1. The van der Waals surface area contributed by atoms with E-state index in [-0.39, 0.29) is 12.0 Å². The van der Waals surface area contributed by atoms with E-state index in [1.54, 1.807) is 12.1 Å². The van der Waals surface area contributed by atoms with E-state index in [0.717, 1.165) is 5.69 Å². The summed E-state index contributed by atoms with van der Waals surface area (Å²) in [5.41, 5.74) is 5.35. The lowest BCUT2D eigenvalue weighted by atomic mass is 10.00. The smallest absolute Gasteiger partial charge is 0.337 e. The van der Waals surface area contributed by atoms with E-state index in [2.05, 4.69) is 44.3 Å². The van der Waals surface area contributed by atoms with Crippen LogP contribution in [0.15, 0.2) is 42.5 Å². The third-order valence-electron chi connectivity index (χ3n) is 3.59. The number of methoxy groups -OCH3 is 1. The predicted octanol–water partition coefficient (Wildman–Crippen LogP) is 4.26. The van der Waals surface area contributed by atoms with E-state index < -0.39 is 0 Å². The van der Waals surface area contributed by atoms with Crippen LogP contribution in [0.5, 0.6) is 0 Å². The monoisotopic (exact) mass is 283 g/mol. The van der Waals surface area contributed by atoms with Gasteiger partial charge in [-0.15, -0.1) is 0 Å². The summed E-state index contributed by atoms with van der Waals surface area (Å²) in [6.07, 6.45) is 0. The van der Waals surface area contributed by atoms with Gasteiger partial charge in [-0.05, 0) is 56.2 Å². The molecule has 1 N–H and O–H groups in total. The Bertz CT molecular complexity index is 632. The zero-order valence-corrected chi connectivity index (χ0v) is 12.9. The van der Waals surface area contributed by atoms with Crippen LogP contribution < -0.4 is 5.32 Å². The van der Waals surface area contributed by atoms with Gasteiger partial charge >= 0.3 is 5.97 Å². The van der Waals surface area contributed by atoms with Gasteiger partial charge in [-0.1, -0.05) is 23.8 Å². The summed E-state index contributed by atoms with van der Waals surface area (Å²) in [6, 6.07) is 14.0. The zero-order chi connectivity index (χ0) is 15.4. The van der Waals surface area contributed by atoms with Crippen molar-refractivity contribution in [3.05, 3.63) is 64.7 Å². The summed E-state index contributed by atoms with van der Waals surface area (Å²) in [6.45, 7) is 6.35. The molecule has 0 aliphatic heterocycles. The summed E-state index contributed by atoms with van der Waals surface area (Å²) in [7, 11) is 1.39. The first kappa shape index (κ1) is 15.1. The van der Waals surface area contributed by atoms with Crippen LogP contribution in [0, 0.1) is 13.8 Å². The van der Waals surface area contributed by atoms with Gasteiger partial charge in [0.2, 0.25) is 0 Å². The molecule has 3 nitrogen and oxygen atoms in total. The van der Waals surface area contributed by atoms with Crippen molar-refractivity contribution < 1.29 is 9.53 Å². The second-order valence-electron chi connectivity index (χ2n) is 5.29. The first-order valence-corrected chi connectivity index (χ1v) is 7.03. The number of nitrogens with one attached hydrogen (secondary N) is 1. The maximum atomic E-state index is 11.4. The maximum Gasteiger partial charge on any atom is 0.337 e. The van der Waals surface area contributed by atoms with E-state index in [4.69, 9.17) is 4.74 Å². The van der Waals surface area contributed by atoms with Crippen LogP contribution in [0.3, 0.4) is 0 Å². The molecule has 0 amide bonds. The molecule has 0 saturated heterocycles. The average molecular weight is 283 g/mol. The number of hydrogen-bond donors (Lipinski definition) is 1. The molecule has 1 unspecified atom stereocenters. The number of carbonyl (C=O) groups is 1. The summed E-state index contributed by atoms with van der Waals surface area (Å²) in [4.78, 5) is 11.4. The summed E-state index contributed by atoms with van der Waals surface area (Å²) in [5.74, 6) is -0.316. The zero-order valence-electron chi connectivity index (χ0n) is 12.9. The lowest BCUT2D eigenvalue weighted by Gasteiger charge is -2.18. The molecule has 110 valence electrons. The van der Waals surface area contributed by atoms with Crippen LogP contribution >= 0.6 is 0 Å². The van der Waals surface area contributed by atoms with Crippen LogP contribution in [0.1, 0.15) is 40.0 Å². The van der Waals surface area contributed by atoms with Crippen LogP contribution in [0.4, 0.5) is 5.69 Å². The molecule has 0 aliphatic carbocycles. The lowest BCUT2D eigenvalue weighted by Crippen LogP contribution is -2.09. The lowest BCUT2D eigenvalue weighted by molar-refractivity contribution is 0.0601. The molecule has 2 rings (SSSR count). The second-order valence-corrected chi connectivity index (χ2v) is 5.29. The number of anilines is 1. The Morgan fingerprint density at radius 3 is 2.38 bits per heavy atom. The Morgan fingerprint density at radius 1 is 1.10 bits per heavy atom. The van der Waals surface area contributed by atoms with Crippen molar-refractivity contribution in [3.8, 4) is 0 Å². The van der Waals surface area contributed by atoms with Gasteiger partial charge in [-0.3, -0.25) is 0 Å². The van der Waals surface area contributed by atoms with Gasteiger partial charge in [0.1, 0.15) is 0 Å². The molecule has 0 heterocycles. The normalized spacial score (nSPS) is 11.8. The van der Waals surface area contributed by atoms with Gasteiger partial charge in [-0.25, -0.2) is 4.79 Å². The summed E-state index contributed by atoms with van der Waals surface area (Å²) < 4.78 is 4.70. The number of esters is 1. The van der Waals surface area contributed by atoms with Gasteiger partial charge in [0.25, 0.3) is 0 Å². The predicted molar refractivity (Wildman–Crippen MR) is 85.7 cm³/mol. The standard InChI is InChI=1S/C18H21NO2/c1-12-5-6-13(2)17(11-12)14(3)19-16-9-7-15(8-10-16)18(20)21-4/h5-11,14,19H,1-4H3. The van der Waals surface area contributed by atoms with Gasteiger partial charge in [0.05, 0.1) is 12.7 Å². The molecule has 0 saturated carbocycles. The largest absolute Gasteiger partial charge is 0.465 e. The Labute approximate surface area is 126 Å². The maximum absolute atomic E-state index is 11.4. The first-order chi connectivity index (χ1) is 10.0. The summed E-state index contributed by atoms with van der Waals surface area (Å²) >= 11 is 0. The first-order valence-electron chi connectivity index (χ1n) is 7.03. The Hall–Kier alpha value is -2.29. The molecular weight excluding hydrogens is 262 g/mol. The van der Waals surface area contributed by atoms with Crippen molar-refractivity contribution in [1.29, 1.82) is 0 Å². The van der Waals surface area contributed by atoms with Crippen molar-refractivity contribution >= 4 is 11.7 Å². The highest BCUT2D eigenvalue weighted by Crippen LogP contribution is 2.23. The molecular formula is C18H21NO2. The quantitative estimate of drug-likeness (QED) is 0.852. The Kier molecular flexibility index (Phi) is 4.63. The van der Waals surface area contributed by atoms with Gasteiger partial charge < -0.3 is 10.1 Å². The number of hydrogen-bond acceptors (Lipinski definition) is 3. The molecule has 2 aromatic carbocycles. The number of rotatable bonds is 4. The minimum Gasteiger partial charge on any atom is -0.465 e. The van der Waals surface area contributed by atoms with Crippen molar-refractivity contribution in [1.82, 2.24) is 0 Å². The van der Waals surface area contributed by atoms with Crippen LogP contribution in [0.25, 0.3) is 0 Å². The van der Waals surface area contributed by atoms with Crippen LogP contribution in [-0.2, 0) is 4.74 Å². The van der Waals surface area contributed by atoms with Crippen molar-refractivity contribution in [2.24, 2.45) is 0 Å². The third-order valence-corrected chi connectivity index (χ3v) is 3.59. The highest BCUT2D eigenvalue weighted by Gasteiger charge is 2.09. The number of aryl methyl sites for hydroxylation is 2. The molecule has 3 heteroatoms. The fourth-order valence-corrected chi connectivity index (χ4v) is 2.37. The van der Waals surface area contributed by atoms with Gasteiger partial charge in [0, 0.05) is 11.7 Å². The molecule has 0 aliphatic rings. The molecule has 0 spiro atoms. The van der Waals surface area contributed by atoms with E-state index in [1.165, 1.54) is 23.8 Å². The Morgan fingerprint density at radius 2 is 1.76 bits per heavy atom. The fraction of sp³-hybridized carbons (Fsp3) is 0.278. The van der Waals surface area contributed by atoms with Crippen molar-refractivity contribution in [3.63, 3.8) is 0 Å². The highest BCUT2D eigenvalue weighted by atomic mass is 16.5. The molecule has 0 radical (unpaired) electrons. The van der Waals surface area contributed by atoms with Crippen molar-refractivity contribution in [2.75, 3.05) is 12.4 Å². The van der Waals surface area contributed by atoms with Crippen LogP contribution in [0.2, 0.25) is 0 Å². The minimum atomic E-state index is -0.316. The molecule has 1 atom stereocenters. The fourth-order valence-electron chi connectivity index (χ4n) is 2.37. The van der Waals surface area contributed by atoms with E-state index in [9.17, 15) is 4.79 Å². The van der Waals surface area contributed by atoms with Gasteiger partial charge in [0.15, 0.2) is 0 Å². The highest BCUT2D eigenvalue weighted by molar-refractivity contribution is 5.89. The number of carbonyl (C=O) groups excluding carboxylic acids is 1. The third kappa shape index (κ3) is 3.63. The molecule has 2 aromatic rings. The van der Waals surface area contributed by atoms with E-state index in [1.807, 2.05) is 12.1 Å². The molecule has 0 aromatic heterocycles. The van der Waals surface area contributed by atoms with Crippen LogP contribution in [-0.4, -0.2) is 13.1 Å². The van der Waals surface area contributed by atoms with Crippen molar-refractivity contribution in [2.45, 2.75) is 26.8 Å². The number of benzene rings is 2. The molecule has 0 bridgehead atoms. The molecule has 0 fully saturated rings. The topological polar surface area (TPSA) is 38.3 Å².